The lowest BCUT2D eigenvalue weighted by Crippen LogP contribution is -2.17. The summed E-state index contributed by atoms with van der Waals surface area (Å²) < 4.78 is 0. The van der Waals surface area contributed by atoms with Crippen molar-refractivity contribution in [3.63, 3.8) is 0 Å². The molecule has 0 radical (unpaired) electrons. The van der Waals surface area contributed by atoms with Crippen molar-refractivity contribution in [3.05, 3.63) is 15.6 Å². The molecule has 1 unspecified atom stereocenters. The van der Waals surface area contributed by atoms with Gasteiger partial charge in [0.05, 0.1) is 5.01 Å². The van der Waals surface area contributed by atoms with E-state index in [1.807, 2.05) is 13.8 Å². The highest BCUT2D eigenvalue weighted by atomic mass is 32.1. The fourth-order valence-corrected chi connectivity index (χ4v) is 1.99. The largest absolute Gasteiger partial charge is 0.328 e. The maximum atomic E-state index is 5.64. The lowest BCUT2D eigenvalue weighted by molar-refractivity contribution is 0.733. The Morgan fingerprint density at radius 1 is 1.75 bits per heavy atom. The second-order valence-electron chi connectivity index (χ2n) is 2.84. The smallest absolute Gasteiger partial charge is 0.127 e. The molecule has 0 aliphatic heterocycles. The van der Waals surface area contributed by atoms with Gasteiger partial charge in [-0.3, -0.25) is 0 Å². The Morgan fingerprint density at radius 2 is 2.42 bits per heavy atom. The van der Waals surface area contributed by atoms with Crippen molar-refractivity contribution in [1.29, 1.82) is 0 Å². The van der Waals surface area contributed by atoms with E-state index < -0.39 is 0 Å². The molecule has 0 saturated heterocycles. The van der Waals surface area contributed by atoms with Crippen LogP contribution in [0.3, 0.4) is 0 Å². The van der Waals surface area contributed by atoms with Crippen molar-refractivity contribution in [1.82, 2.24) is 4.98 Å². The Bertz CT molecular complexity index is 307. The van der Waals surface area contributed by atoms with E-state index in [0.29, 0.717) is 0 Å². The molecule has 0 aliphatic rings. The van der Waals surface area contributed by atoms with Crippen molar-refractivity contribution in [2.24, 2.45) is 5.73 Å². The van der Waals surface area contributed by atoms with Crippen LogP contribution in [0.1, 0.15) is 22.5 Å². The molecule has 0 aromatic carbocycles. The molecule has 2 N–H and O–H groups in total. The number of thiazole rings is 1. The predicted molar refractivity (Wildman–Crippen MR) is 52.1 cm³/mol. The lowest BCUT2D eigenvalue weighted by Gasteiger charge is -1.98. The van der Waals surface area contributed by atoms with E-state index in [2.05, 4.69) is 10.9 Å². The molecule has 0 amide bonds. The minimum atomic E-state index is 0.154. The molecule has 1 heterocycles. The number of rotatable bonds is 2. The lowest BCUT2D eigenvalue weighted by atomic mass is 10.3. The van der Waals surface area contributed by atoms with Crippen LogP contribution in [-0.4, -0.2) is 11.0 Å². The Hall–Kier alpha value is -0.850. The number of aryl methyl sites for hydroxylation is 1. The zero-order valence-corrected chi connectivity index (χ0v) is 8.11. The Morgan fingerprint density at radius 3 is 2.83 bits per heavy atom. The molecule has 12 heavy (non-hydrogen) atoms. The van der Waals surface area contributed by atoms with Crippen molar-refractivity contribution in [2.75, 3.05) is 0 Å². The Kier molecular flexibility index (Phi) is 2.85. The zero-order valence-electron chi connectivity index (χ0n) is 7.29. The summed E-state index contributed by atoms with van der Waals surface area (Å²) in [6, 6.07) is 0.154. The van der Waals surface area contributed by atoms with E-state index in [-0.39, 0.29) is 6.04 Å². The summed E-state index contributed by atoms with van der Waals surface area (Å²) >= 11 is 1.63. The van der Waals surface area contributed by atoms with Crippen molar-refractivity contribution in [2.45, 2.75) is 26.3 Å². The maximum absolute atomic E-state index is 5.64. The second kappa shape index (κ2) is 3.70. The molecule has 0 fully saturated rings. The first-order chi connectivity index (χ1) is 5.63. The van der Waals surface area contributed by atoms with E-state index in [4.69, 9.17) is 12.2 Å². The van der Waals surface area contributed by atoms with Crippen LogP contribution in [0.2, 0.25) is 0 Å². The van der Waals surface area contributed by atoms with Gasteiger partial charge in [0.2, 0.25) is 0 Å². The van der Waals surface area contributed by atoms with E-state index >= 15 is 0 Å². The van der Waals surface area contributed by atoms with Crippen LogP contribution in [0.15, 0.2) is 0 Å². The van der Waals surface area contributed by atoms with Gasteiger partial charge in [-0.25, -0.2) is 4.98 Å². The quantitative estimate of drug-likeness (QED) is 0.697. The summed E-state index contributed by atoms with van der Waals surface area (Å²) in [7, 11) is 0. The highest BCUT2D eigenvalue weighted by Crippen LogP contribution is 2.17. The predicted octanol–water partition coefficient (Wildman–Crippen LogP) is 1.32. The SMILES string of the molecule is C#Cc1nc(CC(C)N)sc1C. The van der Waals surface area contributed by atoms with Gasteiger partial charge in [-0.15, -0.1) is 17.8 Å². The normalized spacial score (nSPS) is 12.5. The molecule has 0 spiro atoms. The molecule has 1 atom stereocenters. The fourth-order valence-electron chi connectivity index (χ4n) is 0.948. The number of hydrogen-bond acceptors (Lipinski definition) is 3. The summed E-state index contributed by atoms with van der Waals surface area (Å²) in [6.45, 7) is 3.95. The molecule has 3 heteroatoms. The first-order valence-electron chi connectivity index (χ1n) is 3.82. The Balaban J connectivity index is 2.84. The van der Waals surface area contributed by atoms with Crippen molar-refractivity contribution < 1.29 is 0 Å². The second-order valence-corrected chi connectivity index (χ2v) is 4.13. The minimum absolute atomic E-state index is 0.154. The molecular formula is C9H12N2S. The van der Waals surface area contributed by atoms with Crippen molar-refractivity contribution >= 4 is 11.3 Å². The summed E-state index contributed by atoms with van der Waals surface area (Å²) in [4.78, 5) is 5.38. The van der Waals surface area contributed by atoms with Gasteiger partial charge in [0.15, 0.2) is 0 Å². The molecule has 1 aromatic heterocycles. The van der Waals surface area contributed by atoms with Crippen LogP contribution >= 0.6 is 11.3 Å². The third kappa shape index (κ3) is 2.07. The summed E-state index contributed by atoms with van der Waals surface area (Å²) in [5, 5.41) is 1.04. The zero-order chi connectivity index (χ0) is 9.14. The third-order valence-electron chi connectivity index (χ3n) is 1.47. The Labute approximate surface area is 76.8 Å². The van der Waals surface area contributed by atoms with Gasteiger partial charge < -0.3 is 5.73 Å². The van der Waals surface area contributed by atoms with Gasteiger partial charge >= 0.3 is 0 Å². The molecule has 1 aromatic rings. The van der Waals surface area contributed by atoms with Crippen LogP contribution in [0, 0.1) is 19.3 Å². The minimum Gasteiger partial charge on any atom is -0.328 e. The fraction of sp³-hybridized carbons (Fsp3) is 0.444. The van der Waals surface area contributed by atoms with E-state index in [9.17, 15) is 0 Å². The first-order valence-corrected chi connectivity index (χ1v) is 4.63. The average molecular weight is 180 g/mol. The summed E-state index contributed by atoms with van der Waals surface area (Å²) in [5.74, 6) is 2.55. The summed E-state index contributed by atoms with van der Waals surface area (Å²) in [5.41, 5.74) is 6.40. The molecule has 2 nitrogen and oxygen atoms in total. The molecule has 0 saturated carbocycles. The van der Waals surface area contributed by atoms with Gasteiger partial charge in [-0.2, -0.15) is 0 Å². The third-order valence-corrected chi connectivity index (χ3v) is 2.47. The van der Waals surface area contributed by atoms with Crippen LogP contribution in [0.25, 0.3) is 0 Å². The number of terminal acetylenes is 1. The number of nitrogens with zero attached hydrogens (tertiary/aromatic N) is 1. The highest BCUT2D eigenvalue weighted by molar-refractivity contribution is 7.11. The van der Waals surface area contributed by atoms with E-state index in [0.717, 1.165) is 22.0 Å². The van der Waals surface area contributed by atoms with Gasteiger partial charge in [0, 0.05) is 17.3 Å². The molecule has 1 rings (SSSR count). The average Bonchev–Trinajstić information content (AvgIpc) is 2.29. The molecular weight excluding hydrogens is 168 g/mol. The first kappa shape index (κ1) is 9.24. The number of aromatic nitrogens is 1. The topological polar surface area (TPSA) is 38.9 Å². The molecule has 0 aliphatic carbocycles. The number of hydrogen-bond donors (Lipinski definition) is 1. The van der Waals surface area contributed by atoms with Crippen LogP contribution < -0.4 is 5.73 Å². The molecule has 64 valence electrons. The van der Waals surface area contributed by atoms with Crippen LogP contribution in [0.5, 0.6) is 0 Å². The van der Waals surface area contributed by atoms with E-state index in [1.54, 1.807) is 11.3 Å². The summed E-state index contributed by atoms with van der Waals surface area (Å²) in [6.07, 6.45) is 6.07. The standard InChI is InChI=1S/C9H12N2S/c1-4-8-7(3)12-9(11-8)5-6(2)10/h1,6H,5,10H2,2-3H3. The van der Waals surface area contributed by atoms with Gasteiger partial charge in [-0.05, 0) is 19.8 Å². The molecule has 0 bridgehead atoms. The van der Waals surface area contributed by atoms with Gasteiger partial charge in [0.25, 0.3) is 0 Å². The van der Waals surface area contributed by atoms with Gasteiger partial charge in [0.1, 0.15) is 5.69 Å². The van der Waals surface area contributed by atoms with E-state index in [1.165, 1.54) is 0 Å². The monoisotopic (exact) mass is 180 g/mol. The maximum Gasteiger partial charge on any atom is 0.127 e. The van der Waals surface area contributed by atoms with Gasteiger partial charge in [-0.1, -0.05) is 0 Å². The van der Waals surface area contributed by atoms with Crippen LogP contribution in [-0.2, 0) is 6.42 Å². The van der Waals surface area contributed by atoms with Crippen molar-refractivity contribution in [3.8, 4) is 12.3 Å². The van der Waals surface area contributed by atoms with Crippen LogP contribution in [0.4, 0.5) is 0 Å². The highest BCUT2D eigenvalue weighted by Gasteiger charge is 2.06. The number of nitrogens with two attached hydrogens (primary N) is 1.